The van der Waals surface area contributed by atoms with E-state index in [1.54, 1.807) is 0 Å². The summed E-state index contributed by atoms with van der Waals surface area (Å²) < 4.78 is 10.5. The molecule has 1 aromatic rings. The number of benzene rings is 1. The van der Waals surface area contributed by atoms with Crippen LogP contribution in [0.1, 0.15) is 49.3 Å². The number of hydrogen-bond donors (Lipinski definition) is 0. The Bertz CT molecular complexity index is 521. The Morgan fingerprint density at radius 2 is 2.05 bits per heavy atom. The maximum atomic E-state index is 11.5. The van der Waals surface area contributed by atoms with E-state index >= 15 is 0 Å². The number of carbonyl (C=O) groups is 1. The van der Waals surface area contributed by atoms with Crippen LogP contribution in [0.15, 0.2) is 12.1 Å². The molecule has 116 valence electrons. The molecular weight excluding hydrogens is 264 g/mol. The molecule has 0 N–H and O–H groups in total. The molecule has 1 aromatic carbocycles. The van der Waals surface area contributed by atoms with Gasteiger partial charge >= 0.3 is 5.97 Å². The number of esters is 1. The molecule has 0 spiro atoms. The summed E-state index contributed by atoms with van der Waals surface area (Å²) >= 11 is 0. The van der Waals surface area contributed by atoms with Crippen LogP contribution in [0.3, 0.4) is 0 Å². The lowest BCUT2D eigenvalue weighted by Crippen LogP contribution is -2.07. The Morgan fingerprint density at radius 1 is 1.33 bits per heavy atom. The van der Waals surface area contributed by atoms with Gasteiger partial charge in [0.15, 0.2) is 0 Å². The van der Waals surface area contributed by atoms with E-state index in [9.17, 15) is 4.79 Å². The van der Waals surface area contributed by atoms with Gasteiger partial charge in [0, 0.05) is 0 Å². The van der Waals surface area contributed by atoms with Gasteiger partial charge in [0.1, 0.15) is 5.75 Å². The summed E-state index contributed by atoms with van der Waals surface area (Å²) in [6.07, 6.45) is 2.03. The Kier molecular flexibility index (Phi) is 4.92. The molecule has 0 heterocycles. The summed E-state index contributed by atoms with van der Waals surface area (Å²) in [5, 5.41) is 0. The fourth-order valence-corrected chi connectivity index (χ4v) is 3.19. The molecule has 0 radical (unpaired) electrons. The topological polar surface area (TPSA) is 35.5 Å². The van der Waals surface area contributed by atoms with Gasteiger partial charge < -0.3 is 9.47 Å². The number of methoxy groups -OCH3 is 1. The molecule has 1 saturated carbocycles. The van der Waals surface area contributed by atoms with Crippen molar-refractivity contribution in [2.24, 2.45) is 11.8 Å². The third kappa shape index (κ3) is 3.39. The van der Waals surface area contributed by atoms with E-state index in [1.165, 1.54) is 23.8 Å². The van der Waals surface area contributed by atoms with Crippen LogP contribution >= 0.6 is 0 Å². The summed E-state index contributed by atoms with van der Waals surface area (Å²) in [6, 6.07) is 4.25. The smallest absolute Gasteiger partial charge is 0.308 e. The minimum absolute atomic E-state index is 0.0493. The van der Waals surface area contributed by atoms with Crippen LogP contribution in [-0.4, -0.2) is 19.7 Å². The lowest BCUT2D eigenvalue weighted by Gasteiger charge is -2.18. The predicted molar refractivity (Wildman–Crippen MR) is 83.7 cm³/mol. The van der Waals surface area contributed by atoms with Crippen molar-refractivity contribution in [3.63, 3.8) is 0 Å². The monoisotopic (exact) mass is 290 g/mol. The van der Waals surface area contributed by atoms with Gasteiger partial charge in [-0.1, -0.05) is 13.0 Å². The van der Waals surface area contributed by atoms with E-state index in [-0.39, 0.29) is 11.9 Å². The standard InChI is InChI=1S/C18H26O3/c1-6-21-17-8-7-15(12(3)13(17)4)11(2)9-14-10-16(14)18(19)20-5/h7-8,11,14,16H,6,9-10H2,1-5H3. The van der Waals surface area contributed by atoms with Crippen LogP contribution in [-0.2, 0) is 9.53 Å². The lowest BCUT2D eigenvalue weighted by atomic mass is 9.89. The average molecular weight is 290 g/mol. The Balaban J connectivity index is 2.05. The third-order valence-electron chi connectivity index (χ3n) is 4.69. The summed E-state index contributed by atoms with van der Waals surface area (Å²) in [7, 11) is 1.47. The van der Waals surface area contributed by atoms with Gasteiger partial charge in [-0.2, -0.15) is 0 Å². The second kappa shape index (κ2) is 6.50. The molecule has 0 saturated heterocycles. The minimum atomic E-state index is -0.0493. The summed E-state index contributed by atoms with van der Waals surface area (Å²) in [4.78, 5) is 11.5. The quantitative estimate of drug-likeness (QED) is 0.743. The molecule has 3 nitrogen and oxygen atoms in total. The average Bonchev–Trinajstić information content (AvgIpc) is 3.22. The predicted octanol–water partition coefficient (Wildman–Crippen LogP) is 4.00. The van der Waals surface area contributed by atoms with Crippen LogP contribution in [0.2, 0.25) is 0 Å². The van der Waals surface area contributed by atoms with Crippen molar-refractivity contribution in [3.8, 4) is 5.75 Å². The minimum Gasteiger partial charge on any atom is -0.494 e. The maximum Gasteiger partial charge on any atom is 0.308 e. The molecule has 3 heteroatoms. The molecule has 1 fully saturated rings. The highest BCUT2D eigenvalue weighted by Crippen LogP contribution is 2.46. The molecule has 3 atom stereocenters. The van der Waals surface area contributed by atoms with E-state index < -0.39 is 0 Å². The SMILES string of the molecule is CCOc1ccc(C(C)CC2CC2C(=O)OC)c(C)c1C. The third-order valence-corrected chi connectivity index (χ3v) is 4.69. The van der Waals surface area contributed by atoms with Crippen LogP contribution in [0.25, 0.3) is 0 Å². The molecular formula is C18H26O3. The number of carbonyl (C=O) groups excluding carboxylic acids is 1. The Hall–Kier alpha value is -1.51. The van der Waals surface area contributed by atoms with E-state index in [0.717, 1.165) is 18.6 Å². The summed E-state index contributed by atoms with van der Waals surface area (Å²) in [6.45, 7) is 9.22. The highest BCUT2D eigenvalue weighted by atomic mass is 16.5. The molecule has 0 aromatic heterocycles. The second-order valence-electron chi connectivity index (χ2n) is 6.10. The van der Waals surface area contributed by atoms with Gasteiger partial charge in [-0.25, -0.2) is 0 Å². The molecule has 3 unspecified atom stereocenters. The van der Waals surface area contributed by atoms with Gasteiger partial charge in [0.2, 0.25) is 0 Å². The highest BCUT2D eigenvalue weighted by molar-refractivity contribution is 5.75. The summed E-state index contributed by atoms with van der Waals surface area (Å²) in [5.74, 6) is 2.00. The molecule has 2 rings (SSSR count). The molecule has 1 aliphatic carbocycles. The van der Waals surface area contributed by atoms with Crippen molar-refractivity contribution in [3.05, 3.63) is 28.8 Å². The van der Waals surface area contributed by atoms with Gasteiger partial charge in [0.05, 0.1) is 19.6 Å². The van der Waals surface area contributed by atoms with Gasteiger partial charge in [0.25, 0.3) is 0 Å². The number of rotatable bonds is 6. The van der Waals surface area contributed by atoms with Crippen molar-refractivity contribution in [1.29, 1.82) is 0 Å². The Morgan fingerprint density at radius 3 is 2.67 bits per heavy atom. The number of hydrogen-bond acceptors (Lipinski definition) is 3. The second-order valence-corrected chi connectivity index (χ2v) is 6.10. The first kappa shape index (κ1) is 15.9. The Labute approximate surface area is 127 Å². The van der Waals surface area contributed by atoms with Gasteiger partial charge in [-0.05, 0) is 68.2 Å². The normalized spacial score (nSPS) is 21.8. The van der Waals surface area contributed by atoms with Crippen molar-refractivity contribution < 1.29 is 14.3 Å². The molecule has 0 amide bonds. The van der Waals surface area contributed by atoms with E-state index in [1.807, 2.05) is 6.92 Å². The highest BCUT2D eigenvalue weighted by Gasteiger charge is 2.44. The molecule has 0 bridgehead atoms. The zero-order valence-electron chi connectivity index (χ0n) is 13.7. The zero-order chi connectivity index (χ0) is 15.6. The fraction of sp³-hybridized carbons (Fsp3) is 0.611. The van der Waals surface area contributed by atoms with Crippen LogP contribution < -0.4 is 4.74 Å². The van der Waals surface area contributed by atoms with Crippen molar-refractivity contribution in [2.75, 3.05) is 13.7 Å². The number of ether oxygens (including phenoxy) is 2. The molecule has 1 aliphatic rings. The van der Waals surface area contributed by atoms with Crippen LogP contribution in [0.5, 0.6) is 5.75 Å². The van der Waals surface area contributed by atoms with E-state index in [0.29, 0.717) is 18.4 Å². The first-order chi connectivity index (χ1) is 9.99. The first-order valence-corrected chi connectivity index (χ1v) is 7.80. The fourth-order valence-electron chi connectivity index (χ4n) is 3.19. The van der Waals surface area contributed by atoms with Crippen LogP contribution in [0.4, 0.5) is 0 Å². The summed E-state index contributed by atoms with van der Waals surface area (Å²) in [5.41, 5.74) is 3.90. The van der Waals surface area contributed by atoms with Crippen LogP contribution in [0, 0.1) is 25.7 Å². The van der Waals surface area contributed by atoms with Gasteiger partial charge in [-0.15, -0.1) is 0 Å². The molecule has 21 heavy (non-hydrogen) atoms. The molecule has 0 aliphatic heterocycles. The van der Waals surface area contributed by atoms with E-state index in [4.69, 9.17) is 9.47 Å². The first-order valence-electron chi connectivity index (χ1n) is 7.80. The lowest BCUT2D eigenvalue weighted by molar-refractivity contribution is -0.142. The zero-order valence-corrected chi connectivity index (χ0v) is 13.7. The van der Waals surface area contributed by atoms with Crippen molar-refractivity contribution in [1.82, 2.24) is 0 Å². The largest absolute Gasteiger partial charge is 0.494 e. The van der Waals surface area contributed by atoms with Crippen molar-refractivity contribution >= 4 is 5.97 Å². The van der Waals surface area contributed by atoms with Crippen molar-refractivity contribution in [2.45, 2.75) is 46.5 Å². The van der Waals surface area contributed by atoms with Gasteiger partial charge in [-0.3, -0.25) is 4.79 Å². The maximum absolute atomic E-state index is 11.5. The van der Waals surface area contributed by atoms with E-state index in [2.05, 4.69) is 32.9 Å².